The van der Waals surface area contributed by atoms with Crippen LogP contribution >= 0.6 is 24.0 Å². The molecule has 1 aliphatic rings. The molecule has 32 heavy (non-hydrogen) atoms. The Balaban J connectivity index is 1.66. The van der Waals surface area contributed by atoms with E-state index >= 15 is 0 Å². The monoisotopic (exact) mass is 477 g/mol. The highest BCUT2D eigenvalue weighted by Gasteiger charge is 2.31. The number of aromatic nitrogens is 1. The maximum Gasteiger partial charge on any atom is 0.322 e. The first-order valence-corrected chi connectivity index (χ1v) is 10.6. The van der Waals surface area contributed by atoms with Gasteiger partial charge in [0, 0.05) is 18.5 Å². The van der Waals surface area contributed by atoms with Crippen molar-refractivity contribution in [1.29, 1.82) is 0 Å². The Kier molecular flexibility index (Phi) is 7.65. The van der Waals surface area contributed by atoms with E-state index in [1.165, 1.54) is 11.0 Å². The second kappa shape index (κ2) is 10.4. The van der Waals surface area contributed by atoms with Crippen LogP contribution in [0.15, 0.2) is 41.3 Å². The molecule has 0 aliphatic carbocycles. The van der Waals surface area contributed by atoms with Gasteiger partial charge in [-0.15, -0.1) is 0 Å². The van der Waals surface area contributed by atoms with Gasteiger partial charge in [0.05, 0.1) is 16.3 Å². The van der Waals surface area contributed by atoms with Crippen molar-refractivity contribution < 1.29 is 28.3 Å². The molecule has 0 radical (unpaired) electrons. The molecule has 1 aromatic carbocycles. The van der Waals surface area contributed by atoms with Crippen LogP contribution in [-0.4, -0.2) is 50.2 Å². The molecule has 7 nitrogen and oxygen atoms in total. The summed E-state index contributed by atoms with van der Waals surface area (Å²) in [5.41, 5.74) is 1.26. The van der Waals surface area contributed by atoms with E-state index in [2.05, 4.69) is 10.3 Å². The van der Waals surface area contributed by atoms with Crippen LogP contribution < -0.4 is 5.32 Å². The van der Waals surface area contributed by atoms with Crippen molar-refractivity contribution in [2.24, 2.45) is 0 Å². The highest BCUT2D eigenvalue weighted by Crippen LogP contribution is 2.32. The highest BCUT2D eigenvalue weighted by atomic mass is 32.2. The third-order valence-corrected chi connectivity index (χ3v) is 5.74. The van der Waals surface area contributed by atoms with Crippen LogP contribution in [0.4, 0.5) is 8.78 Å². The fraction of sp³-hybridized carbons (Fsp3) is 0.190. The van der Waals surface area contributed by atoms with Crippen LogP contribution in [0.2, 0.25) is 0 Å². The first-order chi connectivity index (χ1) is 15.2. The third-order valence-electron chi connectivity index (χ3n) is 4.36. The Morgan fingerprint density at radius 2 is 2.00 bits per heavy atom. The molecular formula is C21H17F2N3O4S2. The van der Waals surface area contributed by atoms with Gasteiger partial charge >= 0.3 is 5.97 Å². The predicted octanol–water partition coefficient (Wildman–Crippen LogP) is 3.21. The molecule has 2 amide bonds. The Bertz CT molecular complexity index is 1120. The number of hydrogen-bond donors (Lipinski definition) is 2. The summed E-state index contributed by atoms with van der Waals surface area (Å²) in [5.74, 6) is -3.82. The number of carboxylic acid groups (broad SMARTS) is 1. The van der Waals surface area contributed by atoms with Gasteiger partial charge in [-0.05, 0) is 42.8 Å². The highest BCUT2D eigenvalue weighted by molar-refractivity contribution is 8.26. The van der Waals surface area contributed by atoms with E-state index in [9.17, 15) is 23.2 Å². The molecule has 2 aromatic rings. The fourth-order valence-corrected chi connectivity index (χ4v) is 4.13. The molecule has 0 saturated carbocycles. The lowest BCUT2D eigenvalue weighted by molar-refractivity contribution is -0.137. The zero-order valence-corrected chi connectivity index (χ0v) is 18.1. The van der Waals surface area contributed by atoms with Crippen LogP contribution in [0.25, 0.3) is 17.3 Å². The second-order valence-electron chi connectivity index (χ2n) is 6.68. The quantitative estimate of drug-likeness (QED) is 0.445. The van der Waals surface area contributed by atoms with Crippen molar-refractivity contribution in [1.82, 2.24) is 15.2 Å². The van der Waals surface area contributed by atoms with E-state index in [0.717, 1.165) is 23.9 Å². The van der Waals surface area contributed by atoms with E-state index in [-0.39, 0.29) is 18.9 Å². The number of halogens is 2. The maximum absolute atomic E-state index is 13.5. The summed E-state index contributed by atoms with van der Waals surface area (Å²) in [5, 5.41) is 10.8. The zero-order chi connectivity index (χ0) is 23.3. The molecule has 0 unspecified atom stereocenters. The number of carbonyl (C=O) groups excluding carboxylic acids is 2. The van der Waals surface area contributed by atoms with Crippen LogP contribution in [0.3, 0.4) is 0 Å². The van der Waals surface area contributed by atoms with Gasteiger partial charge in [-0.2, -0.15) is 0 Å². The normalized spacial score (nSPS) is 14.8. The lowest BCUT2D eigenvalue weighted by atomic mass is 10.1. The first-order valence-electron chi connectivity index (χ1n) is 9.41. The van der Waals surface area contributed by atoms with Crippen molar-refractivity contribution in [3.05, 3.63) is 58.6 Å². The molecular weight excluding hydrogens is 460 g/mol. The van der Waals surface area contributed by atoms with Gasteiger partial charge in [0.1, 0.15) is 10.9 Å². The fourth-order valence-electron chi connectivity index (χ4n) is 2.84. The number of benzene rings is 1. The lowest BCUT2D eigenvalue weighted by Gasteiger charge is -2.13. The van der Waals surface area contributed by atoms with Gasteiger partial charge in [-0.1, -0.05) is 30.0 Å². The van der Waals surface area contributed by atoms with E-state index in [1.807, 2.05) is 0 Å². The Hall–Kier alpha value is -3.18. The van der Waals surface area contributed by atoms with Crippen molar-refractivity contribution in [2.45, 2.75) is 12.8 Å². The molecule has 2 N–H and O–H groups in total. The Morgan fingerprint density at radius 3 is 2.72 bits per heavy atom. The molecule has 1 aliphatic heterocycles. The maximum atomic E-state index is 13.5. The molecule has 1 aromatic heterocycles. The van der Waals surface area contributed by atoms with Crippen LogP contribution in [0, 0.1) is 11.6 Å². The van der Waals surface area contributed by atoms with Gasteiger partial charge in [-0.25, -0.2) is 13.8 Å². The number of pyridine rings is 1. The van der Waals surface area contributed by atoms with E-state index in [1.54, 1.807) is 24.3 Å². The number of hydrogen-bond acceptors (Lipinski definition) is 6. The number of nitrogens with zero attached hydrogens (tertiary/aromatic N) is 2. The first kappa shape index (κ1) is 23.5. The molecule has 1 saturated heterocycles. The number of rotatable bonds is 8. The van der Waals surface area contributed by atoms with E-state index in [0.29, 0.717) is 32.6 Å². The largest absolute Gasteiger partial charge is 0.480 e. The van der Waals surface area contributed by atoms with Crippen LogP contribution in [0.5, 0.6) is 0 Å². The third kappa shape index (κ3) is 5.95. The lowest BCUT2D eigenvalue weighted by Crippen LogP contribution is -2.32. The van der Waals surface area contributed by atoms with Gasteiger partial charge in [0.15, 0.2) is 11.6 Å². The molecule has 11 heteroatoms. The summed E-state index contributed by atoms with van der Waals surface area (Å²) in [7, 11) is 0. The summed E-state index contributed by atoms with van der Waals surface area (Å²) in [6.45, 7) is -0.246. The van der Waals surface area contributed by atoms with Gasteiger partial charge < -0.3 is 10.4 Å². The summed E-state index contributed by atoms with van der Waals surface area (Å²) < 4.78 is 27.0. The number of carbonyl (C=O) groups is 3. The van der Waals surface area contributed by atoms with Gasteiger partial charge in [-0.3, -0.25) is 19.3 Å². The zero-order valence-electron chi connectivity index (χ0n) is 16.5. The van der Waals surface area contributed by atoms with Crippen molar-refractivity contribution >= 4 is 52.2 Å². The van der Waals surface area contributed by atoms with E-state index in [4.69, 9.17) is 17.3 Å². The minimum Gasteiger partial charge on any atom is -0.480 e. The van der Waals surface area contributed by atoms with Crippen molar-refractivity contribution in [3.8, 4) is 11.3 Å². The summed E-state index contributed by atoms with van der Waals surface area (Å²) >= 11 is 6.35. The number of nitrogens with one attached hydrogen (secondary N) is 1. The number of amides is 2. The molecule has 0 spiro atoms. The average molecular weight is 478 g/mol. The number of thiocarbonyl (C=S) groups is 1. The topological polar surface area (TPSA) is 99.6 Å². The van der Waals surface area contributed by atoms with Gasteiger partial charge in [0.25, 0.3) is 5.91 Å². The molecule has 0 bridgehead atoms. The average Bonchev–Trinajstić information content (AvgIpc) is 3.01. The minimum atomic E-state index is -1.14. The van der Waals surface area contributed by atoms with Crippen molar-refractivity contribution in [2.75, 3.05) is 13.1 Å². The number of aliphatic carboxylic acids is 1. The number of thioether (sulfide) groups is 1. The second-order valence-corrected chi connectivity index (χ2v) is 8.36. The van der Waals surface area contributed by atoms with Crippen LogP contribution in [-0.2, 0) is 14.4 Å². The molecule has 2 heterocycles. The molecule has 0 atom stereocenters. The molecule has 166 valence electrons. The predicted molar refractivity (Wildman–Crippen MR) is 119 cm³/mol. The van der Waals surface area contributed by atoms with Gasteiger partial charge in [0.2, 0.25) is 5.91 Å². The van der Waals surface area contributed by atoms with Crippen molar-refractivity contribution in [3.63, 3.8) is 0 Å². The van der Waals surface area contributed by atoms with Crippen LogP contribution in [0.1, 0.15) is 18.5 Å². The smallest absolute Gasteiger partial charge is 0.322 e. The number of carboxylic acids is 1. The summed E-state index contributed by atoms with van der Waals surface area (Å²) in [6, 6.07) is 8.48. The Morgan fingerprint density at radius 1 is 1.22 bits per heavy atom. The molecule has 3 rings (SSSR count). The summed E-state index contributed by atoms with van der Waals surface area (Å²) in [4.78, 5) is 40.9. The minimum absolute atomic E-state index is 0.0568. The summed E-state index contributed by atoms with van der Waals surface area (Å²) in [6.07, 6.45) is 1.93. The van der Waals surface area contributed by atoms with E-state index < -0.39 is 30.1 Å². The standard InChI is InChI=1S/C21H17F2N3O4S2/c22-14-7-6-12(9-15(14)23)16-4-1-3-13(25-16)10-17-20(30)26(21(31)32-17)8-2-5-18(27)24-11-19(28)29/h1,3-4,6-7,9-10H,2,5,8,11H2,(H,24,27)(H,28,29)/b17-10-. The molecule has 1 fully saturated rings. The Labute approximate surface area is 191 Å². The SMILES string of the molecule is O=C(O)CNC(=O)CCCN1C(=O)/C(=C/c2cccc(-c3ccc(F)c(F)c3)n2)SC1=S.